The van der Waals surface area contributed by atoms with E-state index in [0.29, 0.717) is 12.1 Å². The molecule has 3 atom stereocenters. The molecule has 0 saturated carbocycles. The number of morpholine rings is 1. The smallest absolute Gasteiger partial charge is 0.0672 e. The summed E-state index contributed by atoms with van der Waals surface area (Å²) in [7, 11) is 0. The Morgan fingerprint density at radius 3 is 2.29 bits per heavy atom. The Kier molecular flexibility index (Phi) is 3.11. The SMILES string of the molecule is OC1C[C@H]2COC[C@@H](C1)N2c1ccc(Br)cc1. The molecule has 3 nitrogen and oxygen atoms in total. The van der Waals surface area contributed by atoms with Gasteiger partial charge in [-0.3, -0.25) is 0 Å². The first kappa shape index (κ1) is 11.5. The first-order chi connectivity index (χ1) is 8.24. The molecule has 0 amide bonds. The van der Waals surface area contributed by atoms with Gasteiger partial charge in [0.2, 0.25) is 0 Å². The third-order valence-electron chi connectivity index (χ3n) is 3.62. The van der Waals surface area contributed by atoms with Gasteiger partial charge in [0.25, 0.3) is 0 Å². The lowest BCUT2D eigenvalue weighted by Crippen LogP contribution is -2.58. The fraction of sp³-hybridized carbons (Fsp3) is 0.538. The molecule has 4 heteroatoms. The van der Waals surface area contributed by atoms with Crippen LogP contribution in [0.3, 0.4) is 0 Å². The lowest BCUT2D eigenvalue weighted by Gasteiger charge is -2.48. The third kappa shape index (κ3) is 2.21. The lowest BCUT2D eigenvalue weighted by molar-refractivity contribution is 0.00124. The molecule has 0 aromatic heterocycles. The van der Waals surface area contributed by atoms with E-state index in [0.717, 1.165) is 30.5 Å². The Labute approximate surface area is 110 Å². The van der Waals surface area contributed by atoms with E-state index in [1.165, 1.54) is 5.69 Å². The highest BCUT2D eigenvalue weighted by Crippen LogP contribution is 2.33. The van der Waals surface area contributed by atoms with E-state index >= 15 is 0 Å². The molecule has 2 saturated heterocycles. The van der Waals surface area contributed by atoms with Crippen molar-refractivity contribution in [1.82, 2.24) is 0 Å². The zero-order valence-corrected chi connectivity index (χ0v) is 11.1. The monoisotopic (exact) mass is 297 g/mol. The zero-order chi connectivity index (χ0) is 11.8. The molecule has 0 spiro atoms. The second kappa shape index (κ2) is 4.59. The minimum atomic E-state index is -0.166. The second-order valence-electron chi connectivity index (χ2n) is 4.85. The van der Waals surface area contributed by atoms with Gasteiger partial charge >= 0.3 is 0 Å². The minimum Gasteiger partial charge on any atom is -0.393 e. The summed E-state index contributed by atoms with van der Waals surface area (Å²) < 4.78 is 6.70. The van der Waals surface area contributed by atoms with Gasteiger partial charge in [-0.05, 0) is 37.1 Å². The maximum Gasteiger partial charge on any atom is 0.0672 e. The Balaban J connectivity index is 1.89. The van der Waals surface area contributed by atoms with Crippen molar-refractivity contribution in [2.24, 2.45) is 0 Å². The van der Waals surface area contributed by atoms with Crippen molar-refractivity contribution >= 4 is 21.6 Å². The first-order valence-electron chi connectivity index (χ1n) is 6.04. The van der Waals surface area contributed by atoms with Crippen LogP contribution in [-0.2, 0) is 4.74 Å². The van der Waals surface area contributed by atoms with Gasteiger partial charge in [-0.15, -0.1) is 0 Å². The van der Waals surface area contributed by atoms with E-state index in [2.05, 4.69) is 45.1 Å². The predicted octanol–water partition coefficient (Wildman–Crippen LogP) is 2.18. The van der Waals surface area contributed by atoms with E-state index in [1.807, 2.05) is 0 Å². The molecule has 2 fully saturated rings. The molecule has 2 bridgehead atoms. The van der Waals surface area contributed by atoms with Crippen molar-refractivity contribution in [3.05, 3.63) is 28.7 Å². The predicted molar refractivity (Wildman–Crippen MR) is 70.3 cm³/mol. The van der Waals surface area contributed by atoms with Crippen LogP contribution in [0.1, 0.15) is 12.8 Å². The maximum absolute atomic E-state index is 9.83. The molecule has 2 aliphatic rings. The van der Waals surface area contributed by atoms with Crippen molar-refractivity contribution in [2.45, 2.75) is 31.0 Å². The summed E-state index contributed by atoms with van der Waals surface area (Å²) in [5.41, 5.74) is 1.23. The number of fused-ring (bicyclic) bond motifs is 2. The molecule has 0 radical (unpaired) electrons. The van der Waals surface area contributed by atoms with Gasteiger partial charge in [-0.1, -0.05) is 15.9 Å². The summed E-state index contributed by atoms with van der Waals surface area (Å²) >= 11 is 3.46. The van der Waals surface area contributed by atoms with Gasteiger partial charge in [0.05, 0.1) is 31.4 Å². The number of nitrogens with zero attached hydrogens (tertiary/aromatic N) is 1. The highest BCUT2D eigenvalue weighted by molar-refractivity contribution is 9.10. The number of piperidine rings is 1. The van der Waals surface area contributed by atoms with Crippen LogP contribution in [0.25, 0.3) is 0 Å². The van der Waals surface area contributed by atoms with Gasteiger partial charge < -0.3 is 14.7 Å². The summed E-state index contributed by atoms with van der Waals surface area (Å²) in [6, 6.07) is 9.03. The third-order valence-corrected chi connectivity index (χ3v) is 4.15. The van der Waals surface area contributed by atoms with Crippen molar-refractivity contribution in [3.63, 3.8) is 0 Å². The number of ether oxygens (including phenoxy) is 1. The van der Waals surface area contributed by atoms with Crippen molar-refractivity contribution in [2.75, 3.05) is 18.1 Å². The van der Waals surface area contributed by atoms with Crippen LogP contribution >= 0.6 is 15.9 Å². The summed E-state index contributed by atoms with van der Waals surface area (Å²) in [5, 5.41) is 9.83. The minimum absolute atomic E-state index is 0.166. The number of halogens is 1. The van der Waals surface area contributed by atoms with Crippen molar-refractivity contribution in [3.8, 4) is 0 Å². The number of hydrogen-bond donors (Lipinski definition) is 1. The van der Waals surface area contributed by atoms with E-state index in [9.17, 15) is 5.11 Å². The number of hydrogen-bond acceptors (Lipinski definition) is 3. The zero-order valence-electron chi connectivity index (χ0n) is 9.55. The fourth-order valence-electron chi connectivity index (χ4n) is 2.92. The Bertz CT molecular complexity index is 381. The number of benzene rings is 1. The second-order valence-corrected chi connectivity index (χ2v) is 5.77. The first-order valence-corrected chi connectivity index (χ1v) is 6.83. The average Bonchev–Trinajstić information content (AvgIpc) is 2.29. The highest BCUT2D eigenvalue weighted by Gasteiger charge is 2.38. The lowest BCUT2D eigenvalue weighted by atomic mass is 9.91. The molecule has 1 aromatic carbocycles. The quantitative estimate of drug-likeness (QED) is 0.862. The van der Waals surface area contributed by atoms with Gasteiger partial charge in [0.1, 0.15) is 0 Å². The molecular formula is C13H16BrNO2. The molecule has 92 valence electrons. The van der Waals surface area contributed by atoms with E-state index < -0.39 is 0 Å². The standard InChI is InChI=1S/C13H16BrNO2/c14-9-1-3-10(4-2-9)15-11-5-13(16)6-12(15)8-17-7-11/h1-4,11-13,16H,5-8H2/t11-,12+,13?. The number of anilines is 1. The molecule has 1 N–H and O–H groups in total. The average molecular weight is 298 g/mol. The fourth-order valence-corrected chi connectivity index (χ4v) is 3.19. The molecule has 17 heavy (non-hydrogen) atoms. The van der Waals surface area contributed by atoms with Crippen LogP contribution in [0.4, 0.5) is 5.69 Å². The van der Waals surface area contributed by atoms with Crippen molar-refractivity contribution < 1.29 is 9.84 Å². The van der Waals surface area contributed by atoms with Gasteiger partial charge in [-0.2, -0.15) is 0 Å². The summed E-state index contributed by atoms with van der Waals surface area (Å²) in [6.07, 6.45) is 1.46. The topological polar surface area (TPSA) is 32.7 Å². The molecule has 2 heterocycles. The van der Waals surface area contributed by atoms with Crippen LogP contribution in [0.15, 0.2) is 28.7 Å². The van der Waals surface area contributed by atoms with Crippen LogP contribution in [-0.4, -0.2) is 36.5 Å². The van der Waals surface area contributed by atoms with Crippen LogP contribution in [0.2, 0.25) is 0 Å². The van der Waals surface area contributed by atoms with Crippen LogP contribution in [0, 0.1) is 0 Å². The molecular weight excluding hydrogens is 282 g/mol. The summed E-state index contributed by atoms with van der Waals surface area (Å²) in [4.78, 5) is 2.42. The van der Waals surface area contributed by atoms with Gasteiger partial charge in [0.15, 0.2) is 0 Å². The van der Waals surface area contributed by atoms with E-state index in [1.54, 1.807) is 0 Å². The molecule has 0 aliphatic carbocycles. The Hall–Kier alpha value is -0.580. The molecule has 3 rings (SSSR count). The van der Waals surface area contributed by atoms with Crippen molar-refractivity contribution in [1.29, 1.82) is 0 Å². The normalized spacial score (nSPS) is 32.6. The summed E-state index contributed by atoms with van der Waals surface area (Å²) in [6.45, 7) is 1.45. The summed E-state index contributed by atoms with van der Waals surface area (Å²) in [5.74, 6) is 0. The molecule has 1 unspecified atom stereocenters. The van der Waals surface area contributed by atoms with E-state index in [-0.39, 0.29) is 6.10 Å². The molecule has 2 aliphatic heterocycles. The highest BCUT2D eigenvalue weighted by atomic mass is 79.9. The maximum atomic E-state index is 9.83. The largest absolute Gasteiger partial charge is 0.393 e. The number of aliphatic hydroxyl groups is 1. The van der Waals surface area contributed by atoms with Gasteiger partial charge in [-0.25, -0.2) is 0 Å². The van der Waals surface area contributed by atoms with E-state index in [4.69, 9.17) is 4.74 Å². The Morgan fingerprint density at radius 1 is 1.12 bits per heavy atom. The molecule has 1 aromatic rings. The van der Waals surface area contributed by atoms with Crippen LogP contribution < -0.4 is 4.90 Å². The number of rotatable bonds is 1. The van der Waals surface area contributed by atoms with Gasteiger partial charge in [0, 0.05) is 10.2 Å². The van der Waals surface area contributed by atoms with Crippen LogP contribution in [0.5, 0.6) is 0 Å². The number of aliphatic hydroxyl groups excluding tert-OH is 1. The Morgan fingerprint density at radius 2 is 1.71 bits per heavy atom.